The van der Waals surface area contributed by atoms with Gasteiger partial charge in [-0.3, -0.25) is 0 Å². The zero-order chi connectivity index (χ0) is 32.0. The van der Waals surface area contributed by atoms with Gasteiger partial charge in [-0.25, -0.2) is 14.8 Å². The van der Waals surface area contributed by atoms with Crippen LogP contribution >= 0.6 is 0 Å². The molecule has 10 nitrogen and oxygen atoms in total. The highest BCUT2D eigenvalue weighted by atomic mass is 16.6. The lowest BCUT2D eigenvalue weighted by molar-refractivity contribution is 0.0164. The fraction of sp³-hybridized carbons (Fsp3) is 0.400. The van der Waals surface area contributed by atoms with Gasteiger partial charge in [0.15, 0.2) is 0 Å². The first-order valence-electron chi connectivity index (χ1n) is 15.3. The van der Waals surface area contributed by atoms with Crippen molar-refractivity contribution in [1.29, 1.82) is 0 Å². The molecular weight excluding hydrogens is 570 g/mol. The second kappa shape index (κ2) is 13.9. The monoisotopic (exact) mass is 613 g/mol. The Balaban J connectivity index is 1.21. The minimum absolute atomic E-state index is 0.244. The maximum Gasteiger partial charge on any atom is 0.410 e. The number of hydrogen-bond donors (Lipinski definition) is 1. The van der Waals surface area contributed by atoms with Crippen LogP contribution in [0, 0.1) is 5.92 Å². The van der Waals surface area contributed by atoms with Crippen molar-refractivity contribution in [2.24, 2.45) is 5.92 Å². The van der Waals surface area contributed by atoms with Crippen molar-refractivity contribution in [2.75, 3.05) is 51.2 Å². The van der Waals surface area contributed by atoms with Crippen LogP contribution in [-0.2, 0) is 11.3 Å². The van der Waals surface area contributed by atoms with Crippen molar-refractivity contribution in [3.8, 4) is 17.4 Å². The van der Waals surface area contributed by atoms with E-state index in [1.807, 2.05) is 81.4 Å². The smallest absolute Gasteiger partial charge is 0.410 e. The zero-order valence-electron chi connectivity index (χ0n) is 27.0. The Morgan fingerprint density at radius 3 is 2.49 bits per heavy atom. The van der Waals surface area contributed by atoms with Gasteiger partial charge in [0.25, 0.3) is 0 Å². The molecule has 1 aliphatic heterocycles. The fourth-order valence-electron chi connectivity index (χ4n) is 5.44. The normalized spacial score (nSPS) is 13.8. The van der Waals surface area contributed by atoms with E-state index in [-0.39, 0.29) is 6.09 Å². The highest BCUT2D eigenvalue weighted by Crippen LogP contribution is 2.38. The van der Waals surface area contributed by atoms with Crippen LogP contribution in [0.2, 0.25) is 0 Å². The van der Waals surface area contributed by atoms with Crippen LogP contribution in [0.3, 0.4) is 0 Å². The minimum Gasteiger partial charge on any atom is -0.497 e. The number of aromatic nitrogens is 2. The van der Waals surface area contributed by atoms with Gasteiger partial charge >= 0.3 is 6.09 Å². The number of ether oxygens (including phenoxy) is 4. The number of rotatable bonds is 10. The molecule has 0 bridgehead atoms. The molecule has 0 radical (unpaired) electrons. The fourth-order valence-corrected chi connectivity index (χ4v) is 5.44. The molecule has 1 N–H and O–H groups in total. The van der Waals surface area contributed by atoms with Crippen molar-refractivity contribution < 1.29 is 23.7 Å². The van der Waals surface area contributed by atoms with Crippen LogP contribution in [0.15, 0.2) is 67.0 Å². The van der Waals surface area contributed by atoms with E-state index < -0.39 is 5.60 Å². The van der Waals surface area contributed by atoms with Crippen LogP contribution in [-0.4, -0.2) is 67.5 Å². The van der Waals surface area contributed by atoms with E-state index in [4.69, 9.17) is 23.9 Å². The van der Waals surface area contributed by atoms with Gasteiger partial charge in [-0.1, -0.05) is 12.1 Å². The third-order valence-corrected chi connectivity index (χ3v) is 7.87. The Morgan fingerprint density at radius 2 is 1.76 bits per heavy atom. The first-order chi connectivity index (χ1) is 21.6. The number of pyridine rings is 2. The molecular formula is C35H43N5O5. The van der Waals surface area contributed by atoms with Crippen LogP contribution in [0.1, 0.15) is 39.2 Å². The summed E-state index contributed by atoms with van der Waals surface area (Å²) in [6, 6.07) is 17.9. The van der Waals surface area contributed by atoms with Crippen LogP contribution in [0.5, 0.6) is 17.4 Å². The lowest BCUT2D eigenvalue weighted by atomic mass is 9.98. The summed E-state index contributed by atoms with van der Waals surface area (Å²) in [5, 5.41) is 5.67. The third-order valence-electron chi connectivity index (χ3n) is 7.87. The number of methoxy groups -OCH3 is 2. The molecule has 0 saturated carbocycles. The molecule has 1 amide bonds. The number of nitrogens with one attached hydrogen (secondary N) is 1. The largest absolute Gasteiger partial charge is 0.497 e. The summed E-state index contributed by atoms with van der Waals surface area (Å²) in [6.07, 6.45) is 5.11. The van der Waals surface area contributed by atoms with Gasteiger partial charge in [0.1, 0.15) is 22.9 Å². The summed E-state index contributed by atoms with van der Waals surface area (Å²) in [4.78, 5) is 25.3. The molecule has 10 heteroatoms. The van der Waals surface area contributed by atoms with E-state index in [2.05, 4.69) is 22.4 Å². The molecule has 238 valence electrons. The van der Waals surface area contributed by atoms with Crippen molar-refractivity contribution in [1.82, 2.24) is 14.9 Å². The number of carbonyl (C=O) groups excluding carboxylic acids is 1. The summed E-state index contributed by atoms with van der Waals surface area (Å²) in [5.74, 6) is 3.21. The average Bonchev–Trinajstić information content (AvgIpc) is 3.05. The molecule has 2 aromatic carbocycles. The van der Waals surface area contributed by atoms with Gasteiger partial charge in [0.05, 0.1) is 26.5 Å². The molecule has 1 aliphatic rings. The first-order valence-corrected chi connectivity index (χ1v) is 15.3. The Labute approximate surface area is 265 Å². The Kier molecular flexibility index (Phi) is 9.80. The topological polar surface area (TPSA) is 98.3 Å². The van der Waals surface area contributed by atoms with Crippen molar-refractivity contribution in [2.45, 2.75) is 45.8 Å². The number of carbonyl (C=O) groups is 1. The number of hydrogen-bond acceptors (Lipinski definition) is 9. The molecule has 3 heterocycles. The second-order valence-corrected chi connectivity index (χ2v) is 12.2. The van der Waals surface area contributed by atoms with E-state index in [9.17, 15) is 4.79 Å². The van der Waals surface area contributed by atoms with Gasteiger partial charge < -0.3 is 34.1 Å². The Morgan fingerprint density at radius 1 is 0.978 bits per heavy atom. The Bertz CT molecular complexity index is 1610. The highest BCUT2D eigenvalue weighted by Gasteiger charge is 2.27. The number of nitrogens with zero attached hydrogens (tertiary/aromatic N) is 4. The lowest BCUT2D eigenvalue weighted by Crippen LogP contribution is -2.42. The molecule has 4 aromatic rings. The molecule has 5 rings (SSSR count). The number of amides is 1. The van der Waals surface area contributed by atoms with Crippen molar-refractivity contribution in [3.05, 3.63) is 72.6 Å². The van der Waals surface area contributed by atoms with Gasteiger partial charge in [0, 0.05) is 67.7 Å². The number of piperidine rings is 1. The van der Waals surface area contributed by atoms with E-state index >= 15 is 0 Å². The molecule has 45 heavy (non-hydrogen) atoms. The van der Waals surface area contributed by atoms with Gasteiger partial charge in [0.2, 0.25) is 5.88 Å². The molecule has 0 spiro atoms. The number of anilines is 3. The molecule has 1 saturated heterocycles. The van der Waals surface area contributed by atoms with E-state index in [0.29, 0.717) is 43.8 Å². The number of fused-ring (bicyclic) bond motifs is 1. The predicted molar refractivity (Wildman–Crippen MR) is 177 cm³/mol. The summed E-state index contributed by atoms with van der Waals surface area (Å²) in [7, 11) is 5.27. The molecule has 0 atom stereocenters. The zero-order valence-corrected chi connectivity index (χ0v) is 27.0. The lowest BCUT2D eigenvalue weighted by Gasteiger charge is -2.33. The maximum absolute atomic E-state index is 12.4. The summed E-state index contributed by atoms with van der Waals surface area (Å²) >= 11 is 0. The first kappa shape index (κ1) is 31.7. The third kappa shape index (κ3) is 7.87. The maximum atomic E-state index is 12.4. The van der Waals surface area contributed by atoms with Crippen LogP contribution in [0.4, 0.5) is 22.0 Å². The van der Waals surface area contributed by atoms with Crippen molar-refractivity contribution in [3.63, 3.8) is 0 Å². The predicted octanol–water partition coefficient (Wildman–Crippen LogP) is 7.05. The van der Waals surface area contributed by atoms with Gasteiger partial charge in [-0.2, -0.15) is 0 Å². The SMILES string of the molecule is COc1ccc(N(C)c2nccc3c(NCc4ccnc(OCC5CCN(C(=O)OC(C)(C)C)CC5)c4)cccc23)c(OC)c1. The highest BCUT2D eigenvalue weighted by molar-refractivity contribution is 6.01. The molecule has 1 fully saturated rings. The molecule has 2 aromatic heterocycles. The van der Waals surface area contributed by atoms with Gasteiger partial charge in [-0.15, -0.1) is 0 Å². The average molecular weight is 614 g/mol. The number of benzene rings is 2. The van der Waals surface area contributed by atoms with Crippen molar-refractivity contribution >= 4 is 34.1 Å². The number of likely N-dealkylation sites (tertiary alicyclic amines) is 1. The standard InChI is InChI=1S/C35H43N5O5/c1-35(2,3)45-34(41)40-18-14-24(15-19-40)23-44-32-20-25(12-16-36-32)22-38-29-9-7-8-28-27(29)13-17-37-33(28)39(4)30-11-10-26(42-5)21-31(30)43-6/h7-13,16-17,20-21,24,38H,14-15,18-19,22-23H2,1-6H3. The summed E-state index contributed by atoms with van der Waals surface area (Å²) in [6.45, 7) is 8.18. The van der Waals surface area contributed by atoms with E-state index in [1.54, 1.807) is 25.3 Å². The van der Waals surface area contributed by atoms with Crippen LogP contribution < -0.4 is 24.4 Å². The Hall–Kier alpha value is -4.73. The molecule has 0 unspecified atom stereocenters. The minimum atomic E-state index is -0.487. The summed E-state index contributed by atoms with van der Waals surface area (Å²) < 4.78 is 22.6. The van der Waals surface area contributed by atoms with Gasteiger partial charge in [-0.05, 0) is 75.4 Å². The quantitative estimate of drug-likeness (QED) is 0.202. The second-order valence-electron chi connectivity index (χ2n) is 12.2. The van der Waals surface area contributed by atoms with E-state index in [1.165, 1.54) is 0 Å². The summed E-state index contributed by atoms with van der Waals surface area (Å²) in [5.41, 5.74) is 2.46. The van der Waals surface area contributed by atoms with E-state index in [0.717, 1.165) is 52.1 Å². The van der Waals surface area contributed by atoms with Crippen LogP contribution in [0.25, 0.3) is 10.8 Å². The molecule has 0 aliphatic carbocycles.